The maximum Gasteiger partial charge on any atom is 0.248 e. The van der Waals surface area contributed by atoms with E-state index in [9.17, 15) is 9.18 Å². The molecule has 120 valence electrons. The number of nitrogens with zero attached hydrogens (tertiary/aromatic N) is 2. The quantitative estimate of drug-likeness (QED) is 0.721. The fourth-order valence-electron chi connectivity index (χ4n) is 2.67. The van der Waals surface area contributed by atoms with Crippen molar-refractivity contribution < 1.29 is 9.18 Å². The molecule has 1 amide bonds. The first-order chi connectivity index (χ1) is 11.7. The van der Waals surface area contributed by atoms with E-state index in [1.165, 1.54) is 12.2 Å². The molecule has 1 aliphatic carbocycles. The van der Waals surface area contributed by atoms with Gasteiger partial charge in [0.1, 0.15) is 5.52 Å². The van der Waals surface area contributed by atoms with E-state index in [2.05, 4.69) is 20.5 Å². The van der Waals surface area contributed by atoms with Crippen molar-refractivity contribution in [2.45, 2.75) is 18.8 Å². The number of hydrogen-bond donors (Lipinski definition) is 2. The van der Waals surface area contributed by atoms with E-state index in [1.54, 1.807) is 30.6 Å². The second-order valence-electron chi connectivity index (χ2n) is 5.84. The molecule has 0 aliphatic heterocycles. The number of fused-ring (bicyclic) bond motifs is 1. The average Bonchev–Trinajstić information content (AvgIpc) is 3.31. The van der Waals surface area contributed by atoms with Crippen LogP contribution in [0.1, 0.15) is 30.0 Å². The lowest BCUT2D eigenvalue weighted by Crippen LogP contribution is -2.10. The summed E-state index contributed by atoms with van der Waals surface area (Å²) in [4.78, 5) is 16.5. The number of carbonyl (C=O) groups is 1. The van der Waals surface area contributed by atoms with Crippen molar-refractivity contribution in [1.29, 1.82) is 0 Å². The number of anilines is 1. The number of aromatic amines is 1. The molecule has 0 saturated heterocycles. The number of hydrogen-bond acceptors (Lipinski definition) is 3. The van der Waals surface area contributed by atoms with Gasteiger partial charge in [-0.15, -0.1) is 0 Å². The Morgan fingerprint density at radius 2 is 2.21 bits per heavy atom. The molecule has 3 aromatic rings. The Morgan fingerprint density at radius 1 is 1.33 bits per heavy atom. The summed E-state index contributed by atoms with van der Waals surface area (Å²) in [5, 5.41) is 9.94. The van der Waals surface area contributed by atoms with E-state index >= 15 is 0 Å². The number of rotatable bonds is 4. The van der Waals surface area contributed by atoms with E-state index in [-0.39, 0.29) is 5.91 Å². The lowest BCUT2D eigenvalue weighted by molar-refractivity contribution is -0.111. The number of halogens is 1. The summed E-state index contributed by atoms with van der Waals surface area (Å²) in [5.41, 5.74) is 2.31. The van der Waals surface area contributed by atoms with Crippen LogP contribution in [0.3, 0.4) is 0 Å². The Morgan fingerprint density at radius 3 is 3.04 bits per heavy atom. The molecule has 1 aliphatic rings. The van der Waals surface area contributed by atoms with Crippen LogP contribution in [0.5, 0.6) is 0 Å². The van der Waals surface area contributed by atoms with Gasteiger partial charge in [-0.05, 0) is 31.1 Å². The molecule has 1 fully saturated rings. The van der Waals surface area contributed by atoms with Gasteiger partial charge in [0.05, 0.1) is 17.6 Å². The SMILES string of the molecule is O=C(/C=C/c1ccc2cn[nH]c2c1F)Nc1cccnc1C1CC1. The zero-order chi connectivity index (χ0) is 16.5. The van der Waals surface area contributed by atoms with Crippen molar-refractivity contribution in [1.82, 2.24) is 15.2 Å². The van der Waals surface area contributed by atoms with Gasteiger partial charge in [-0.3, -0.25) is 14.9 Å². The van der Waals surface area contributed by atoms with Gasteiger partial charge >= 0.3 is 0 Å². The van der Waals surface area contributed by atoms with Gasteiger partial charge in [-0.25, -0.2) is 4.39 Å². The molecule has 1 aromatic carbocycles. The van der Waals surface area contributed by atoms with Crippen molar-refractivity contribution in [3.05, 3.63) is 59.8 Å². The molecule has 0 radical (unpaired) electrons. The number of pyridine rings is 1. The summed E-state index contributed by atoms with van der Waals surface area (Å²) >= 11 is 0. The van der Waals surface area contributed by atoms with Crippen LogP contribution < -0.4 is 5.32 Å². The average molecular weight is 322 g/mol. The van der Waals surface area contributed by atoms with Crippen LogP contribution in [0.2, 0.25) is 0 Å². The summed E-state index contributed by atoms with van der Waals surface area (Å²) in [6, 6.07) is 7.00. The summed E-state index contributed by atoms with van der Waals surface area (Å²) in [6.07, 6.45) is 8.27. The zero-order valence-corrected chi connectivity index (χ0v) is 12.8. The van der Waals surface area contributed by atoms with Crippen molar-refractivity contribution >= 4 is 28.6 Å². The van der Waals surface area contributed by atoms with Crippen LogP contribution in [0, 0.1) is 5.82 Å². The van der Waals surface area contributed by atoms with Crippen LogP contribution in [0.4, 0.5) is 10.1 Å². The first-order valence-electron chi connectivity index (χ1n) is 7.78. The molecular formula is C18H15FN4O. The molecule has 2 aromatic heterocycles. The second-order valence-corrected chi connectivity index (χ2v) is 5.84. The van der Waals surface area contributed by atoms with Gasteiger partial charge in [-0.2, -0.15) is 5.10 Å². The Labute approximate surface area is 137 Å². The molecule has 0 atom stereocenters. The van der Waals surface area contributed by atoms with Crippen LogP contribution >= 0.6 is 0 Å². The Kier molecular flexibility index (Phi) is 3.57. The third kappa shape index (κ3) is 2.78. The van der Waals surface area contributed by atoms with Gasteiger partial charge < -0.3 is 5.32 Å². The fraction of sp³-hybridized carbons (Fsp3) is 0.167. The summed E-state index contributed by atoms with van der Waals surface area (Å²) in [7, 11) is 0. The molecule has 1 saturated carbocycles. The zero-order valence-electron chi connectivity index (χ0n) is 12.8. The summed E-state index contributed by atoms with van der Waals surface area (Å²) in [6.45, 7) is 0. The van der Waals surface area contributed by atoms with Crippen molar-refractivity contribution in [2.24, 2.45) is 0 Å². The predicted molar refractivity (Wildman–Crippen MR) is 89.9 cm³/mol. The van der Waals surface area contributed by atoms with Crippen LogP contribution in [-0.2, 0) is 4.79 Å². The Bertz CT molecular complexity index is 943. The molecule has 0 unspecified atom stereocenters. The first kappa shape index (κ1) is 14.6. The molecule has 0 spiro atoms. The lowest BCUT2D eigenvalue weighted by atomic mass is 10.1. The van der Waals surface area contributed by atoms with Crippen molar-refractivity contribution in [2.75, 3.05) is 5.32 Å². The Balaban J connectivity index is 1.53. The number of nitrogens with one attached hydrogen (secondary N) is 2. The third-order valence-electron chi connectivity index (χ3n) is 4.06. The van der Waals surface area contributed by atoms with E-state index in [0.717, 1.165) is 24.2 Å². The molecule has 2 heterocycles. The van der Waals surface area contributed by atoms with E-state index < -0.39 is 5.82 Å². The molecule has 6 heteroatoms. The molecule has 4 rings (SSSR count). The highest BCUT2D eigenvalue weighted by Gasteiger charge is 2.27. The molecule has 5 nitrogen and oxygen atoms in total. The summed E-state index contributed by atoms with van der Waals surface area (Å²) in [5.74, 6) is -0.297. The summed E-state index contributed by atoms with van der Waals surface area (Å²) < 4.78 is 14.3. The van der Waals surface area contributed by atoms with Crippen molar-refractivity contribution in [3.63, 3.8) is 0 Å². The maximum absolute atomic E-state index is 14.3. The predicted octanol–water partition coefficient (Wildman–Crippen LogP) is 3.63. The van der Waals surface area contributed by atoms with E-state index in [4.69, 9.17) is 0 Å². The Hall–Kier alpha value is -3.02. The van der Waals surface area contributed by atoms with E-state index in [0.29, 0.717) is 22.4 Å². The van der Waals surface area contributed by atoms with Crippen molar-refractivity contribution in [3.8, 4) is 0 Å². The molecule has 2 N–H and O–H groups in total. The monoisotopic (exact) mass is 322 g/mol. The first-order valence-corrected chi connectivity index (χ1v) is 7.78. The minimum absolute atomic E-state index is 0.311. The highest BCUT2D eigenvalue weighted by molar-refractivity contribution is 6.02. The second kappa shape index (κ2) is 5.88. The number of H-pyrrole nitrogens is 1. The van der Waals surface area contributed by atoms with Crippen LogP contribution in [-0.4, -0.2) is 21.1 Å². The largest absolute Gasteiger partial charge is 0.321 e. The normalized spacial score (nSPS) is 14.4. The molecule has 24 heavy (non-hydrogen) atoms. The number of carbonyl (C=O) groups excluding carboxylic acids is 1. The van der Waals surface area contributed by atoms with E-state index in [1.807, 2.05) is 6.07 Å². The number of amides is 1. The fourth-order valence-corrected chi connectivity index (χ4v) is 2.67. The maximum atomic E-state index is 14.3. The minimum atomic E-state index is -0.422. The lowest BCUT2D eigenvalue weighted by Gasteiger charge is -2.07. The van der Waals surface area contributed by atoms with Gasteiger partial charge in [0, 0.05) is 29.1 Å². The number of benzene rings is 1. The molecule has 0 bridgehead atoms. The van der Waals surface area contributed by atoms with Gasteiger partial charge in [-0.1, -0.05) is 12.1 Å². The van der Waals surface area contributed by atoms with Gasteiger partial charge in [0.2, 0.25) is 5.91 Å². The number of aromatic nitrogens is 3. The highest BCUT2D eigenvalue weighted by atomic mass is 19.1. The highest BCUT2D eigenvalue weighted by Crippen LogP contribution is 2.42. The van der Waals surface area contributed by atoms with Gasteiger partial charge in [0.25, 0.3) is 0 Å². The van der Waals surface area contributed by atoms with Crippen LogP contribution in [0.15, 0.2) is 42.7 Å². The van der Waals surface area contributed by atoms with Gasteiger partial charge in [0.15, 0.2) is 5.82 Å². The third-order valence-corrected chi connectivity index (χ3v) is 4.06. The molecular weight excluding hydrogens is 307 g/mol. The van der Waals surface area contributed by atoms with Crippen LogP contribution in [0.25, 0.3) is 17.0 Å². The smallest absolute Gasteiger partial charge is 0.248 e. The standard InChI is InChI=1S/C18H15FN4O/c19-16-11(3-6-13-10-21-23-18(13)16)7-8-15(24)22-14-2-1-9-20-17(14)12-4-5-12/h1-3,6-10,12H,4-5H2,(H,21,23)(H,22,24)/b8-7+. The topological polar surface area (TPSA) is 70.7 Å². The minimum Gasteiger partial charge on any atom is -0.321 e.